The summed E-state index contributed by atoms with van der Waals surface area (Å²) in [4.78, 5) is 60.8. The van der Waals surface area contributed by atoms with Crippen molar-refractivity contribution in [3.63, 3.8) is 0 Å². The van der Waals surface area contributed by atoms with Gasteiger partial charge in [0.2, 0.25) is 5.82 Å². The van der Waals surface area contributed by atoms with Gasteiger partial charge in [-0.1, -0.05) is 5.92 Å². The molecule has 0 aliphatic carbocycles. The second-order valence-corrected chi connectivity index (χ2v) is 10.9. The van der Waals surface area contributed by atoms with Crippen LogP contribution >= 0.6 is 23.5 Å². The Balaban J connectivity index is 2.31. The van der Waals surface area contributed by atoms with Crippen LogP contribution in [0.5, 0.6) is 0 Å². The predicted octanol–water partition coefficient (Wildman–Crippen LogP) is -2.00. The van der Waals surface area contributed by atoms with Crippen molar-refractivity contribution in [2.45, 2.75) is 37.0 Å². The maximum absolute atomic E-state index is 13.7. The minimum absolute atomic E-state index is 0.382. The third kappa shape index (κ3) is 6.32. The molecule has 0 radical (unpaired) electrons. The van der Waals surface area contributed by atoms with Gasteiger partial charge in [-0.15, -0.1) is 6.42 Å². The normalized spacial score (nSPS) is 30.2. The highest BCUT2D eigenvalue weighted by Gasteiger charge is 2.57. The van der Waals surface area contributed by atoms with E-state index in [0.29, 0.717) is 10.8 Å². The van der Waals surface area contributed by atoms with E-state index >= 15 is 0 Å². The zero-order valence-corrected chi connectivity index (χ0v) is 18.8. The van der Waals surface area contributed by atoms with E-state index < -0.39 is 70.6 Å². The molecule has 17 nitrogen and oxygen atoms in total. The Morgan fingerprint density at radius 2 is 1.85 bits per heavy atom. The number of nitrogens with two attached hydrogens (primary N) is 1. The molecule has 1 fully saturated rings. The van der Waals surface area contributed by atoms with Crippen molar-refractivity contribution >= 4 is 23.5 Å². The van der Waals surface area contributed by atoms with Crippen molar-refractivity contribution in [3.8, 4) is 12.3 Å². The van der Waals surface area contributed by atoms with Crippen molar-refractivity contribution in [3.05, 3.63) is 32.9 Å². The highest BCUT2D eigenvalue weighted by atomic mass is 31.3. The lowest BCUT2D eigenvalue weighted by atomic mass is 9.90. The fourth-order valence-corrected chi connectivity index (χ4v) is 5.98. The first kappa shape index (κ1) is 27.7. The number of aromatic amines is 1. The van der Waals surface area contributed by atoms with Crippen LogP contribution in [0, 0.1) is 18.2 Å². The number of aliphatic hydroxyl groups excluding tert-OH is 1. The fourth-order valence-electron chi connectivity index (χ4n) is 2.78. The van der Waals surface area contributed by atoms with Gasteiger partial charge in [-0.05, 0) is 6.92 Å². The fraction of sp³-hybridized carbons (Fsp3) is 0.500. The summed E-state index contributed by atoms with van der Waals surface area (Å²) in [6.07, 6.45) is -1.71. The average Bonchev–Trinajstić information content (AvgIpc) is 2.87. The molecule has 0 saturated carbocycles. The second kappa shape index (κ2) is 9.25. The number of hydrogen-bond donors (Lipinski definition) is 7. The smallest absolute Gasteiger partial charge is 0.387 e. The van der Waals surface area contributed by atoms with E-state index in [1.807, 2.05) is 5.92 Å². The highest BCUT2D eigenvalue weighted by molar-refractivity contribution is 7.66. The van der Waals surface area contributed by atoms with E-state index in [1.165, 1.54) is 0 Å². The Hall–Kier alpha value is -1.54. The first-order chi connectivity index (χ1) is 14.8. The predicted molar refractivity (Wildman–Crippen MR) is 101 cm³/mol. The van der Waals surface area contributed by atoms with Gasteiger partial charge >= 0.3 is 29.2 Å². The zero-order valence-electron chi connectivity index (χ0n) is 16.1. The molecule has 8 N–H and O–H groups in total. The van der Waals surface area contributed by atoms with E-state index in [4.69, 9.17) is 26.7 Å². The molecule has 0 spiro atoms. The van der Waals surface area contributed by atoms with Gasteiger partial charge in [0.15, 0.2) is 11.8 Å². The van der Waals surface area contributed by atoms with Crippen molar-refractivity contribution in [2.24, 2.45) is 5.73 Å². The van der Waals surface area contributed by atoms with E-state index in [1.54, 1.807) is 4.98 Å². The van der Waals surface area contributed by atoms with Gasteiger partial charge in [0, 0.05) is 0 Å². The molecule has 2 rings (SSSR count). The molecular formula is C12H17FN3O14P3. The third-order valence-corrected chi connectivity index (χ3v) is 8.03. The number of phosphoric ester groups is 1. The maximum atomic E-state index is 13.7. The van der Waals surface area contributed by atoms with Crippen LogP contribution in [0.2, 0.25) is 0 Å². The van der Waals surface area contributed by atoms with Crippen molar-refractivity contribution in [1.29, 1.82) is 0 Å². The minimum atomic E-state index is -5.83. The highest BCUT2D eigenvalue weighted by Crippen LogP contribution is 2.66. The number of ether oxygens (including phenoxy) is 1. The summed E-state index contributed by atoms with van der Waals surface area (Å²) >= 11 is 0. The van der Waals surface area contributed by atoms with E-state index in [2.05, 4.69) is 13.1 Å². The average molecular weight is 539 g/mol. The van der Waals surface area contributed by atoms with Crippen LogP contribution in [-0.2, 0) is 31.6 Å². The molecule has 1 aromatic rings. The third-order valence-electron chi connectivity index (χ3n) is 4.10. The molecule has 1 aliphatic heterocycles. The zero-order chi connectivity index (χ0) is 25.6. The van der Waals surface area contributed by atoms with Gasteiger partial charge < -0.3 is 35.2 Å². The number of H-pyrrole nitrogens is 1. The summed E-state index contributed by atoms with van der Waals surface area (Å²) in [6.45, 7) is 0.946. The van der Waals surface area contributed by atoms with Crippen molar-refractivity contribution < 1.29 is 60.6 Å². The second-order valence-electron chi connectivity index (χ2n) is 6.52. The quantitative estimate of drug-likeness (QED) is 0.139. The van der Waals surface area contributed by atoms with Crippen LogP contribution in [0.4, 0.5) is 4.39 Å². The summed E-state index contributed by atoms with van der Waals surface area (Å²) in [5.41, 5.74) is 0.980. The van der Waals surface area contributed by atoms with Gasteiger partial charge in [-0.25, -0.2) is 18.5 Å². The van der Waals surface area contributed by atoms with Gasteiger partial charge in [0.1, 0.15) is 12.2 Å². The standard InChI is InChI=1S/C12H17FN3O14P3/c1-3-12(14)8(17)7(27-10(12)16-4-6(13)9(18)15-11(16)19)5(2)28-32(23,24)30-33(25,26)29-31(20,21)22/h1,4-5,7-8,10,17H,14H2,2H3,(H,23,24)(H,25,26)(H,15,18,19)(H2,20,21,22)/t5-,7-,8+,10-,12?/m1/s1. The molecule has 2 heterocycles. The van der Waals surface area contributed by atoms with Crippen LogP contribution in [0.25, 0.3) is 0 Å². The van der Waals surface area contributed by atoms with Gasteiger partial charge in [0.05, 0.1) is 12.3 Å². The number of nitrogens with zero attached hydrogens (tertiary/aromatic N) is 1. The van der Waals surface area contributed by atoms with Crippen LogP contribution < -0.4 is 17.0 Å². The molecule has 1 aliphatic rings. The number of nitrogens with one attached hydrogen (secondary N) is 1. The molecule has 0 amide bonds. The Labute approximate surface area is 182 Å². The van der Waals surface area contributed by atoms with Crippen LogP contribution in [0.3, 0.4) is 0 Å². The first-order valence-electron chi connectivity index (χ1n) is 8.25. The number of aromatic nitrogens is 2. The summed E-state index contributed by atoms with van der Waals surface area (Å²) in [5.74, 6) is 0.483. The molecule has 3 unspecified atom stereocenters. The van der Waals surface area contributed by atoms with E-state index in [-0.39, 0.29) is 0 Å². The Kier molecular flexibility index (Phi) is 7.77. The van der Waals surface area contributed by atoms with Crippen LogP contribution in [0.15, 0.2) is 15.8 Å². The maximum Gasteiger partial charge on any atom is 0.490 e. The largest absolute Gasteiger partial charge is 0.490 e. The molecule has 186 valence electrons. The van der Waals surface area contributed by atoms with E-state index in [9.17, 15) is 42.6 Å². The summed E-state index contributed by atoms with van der Waals surface area (Å²) in [7, 11) is -17.1. The molecular weight excluding hydrogens is 522 g/mol. The number of rotatable bonds is 8. The Morgan fingerprint density at radius 1 is 1.27 bits per heavy atom. The number of hydrogen-bond acceptors (Lipinski definition) is 11. The van der Waals surface area contributed by atoms with Crippen molar-refractivity contribution in [1.82, 2.24) is 9.55 Å². The lowest BCUT2D eigenvalue weighted by molar-refractivity contribution is -0.0757. The minimum Gasteiger partial charge on any atom is -0.387 e. The summed E-state index contributed by atoms with van der Waals surface area (Å²) < 4.78 is 65.1. The van der Waals surface area contributed by atoms with Gasteiger partial charge in [-0.2, -0.15) is 13.0 Å². The van der Waals surface area contributed by atoms with Crippen LogP contribution in [-0.4, -0.2) is 58.1 Å². The van der Waals surface area contributed by atoms with Crippen LogP contribution in [0.1, 0.15) is 13.2 Å². The summed E-state index contributed by atoms with van der Waals surface area (Å²) in [5, 5.41) is 10.5. The Bertz CT molecular complexity index is 1220. The lowest BCUT2D eigenvalue weighted by Crippen LogP contribution is -2.55. The molecule has 1 aromatic heterocycles. The van der Waals surface area contributed by atoms with E-state index in [0.717, 1.165) is 6.92 Å². The number of halogens is 1. The van der Waals surface area contributed by atoms with Gasteiger partial charge in [-0.3, -0.25) is 18.9 Å². The SMILES string of the molecule is C#CC1(N)[C@@H](O)[C@@H]([C@@H](C)OP(=O)(O)OP(=O)(O)OP(=O)(O)O)O[C@H]1n1cc(F)c(=O)[nH]c1=O. The number of aliphatic hydroxyl groups is 1. The molecule has 7 atom stereocenters. The number of terminal acetylenes is 1. The first-order valence-corrected chi connectivity index (χ1v) is 12.8. The Morgan fingerprint density at radius 3 is 2.36 bits per heavy atom. The lowest BCUT2D eigenvalue weighted by Gasteiger charge is -2.28. The molecule has 21 heteroatoms. The topological polar surface area (TPSA) is 270 Å². The summed E-state index contributed by atoms with van der Waals surface area (Å²) in [6, 6.07) is 0. The molecule has 0 bridgehead atoms. The molecule has 1 saturated heterocycles. The van der Waals surface area contributed by atoms with Gasteiger partial charge in [0.25, 0.3) is 5.56 Å². The molecule has 0 aromatic carbocycles. The number of phosphoric acid groups is 3. The van der Waals surface area contributed by atoms with Crippen molar-refractivity contribution in [2.75, 3.05) is 0 Å². The molecule has 33 heavy (non-hydrogen) atoms. The monoisotopic (exact) mass is 539 g/mol.